The minimum atomic E-state index is -1.31. The molecule has 0 saturated carbocycles. The molecule has 6 nitrogen and oxygen atoms in total. The van der Waals surface area contributed by atoms with E-state index in [0.29, 0.717) is 12.8 Å². The van der Waals surface area contributed by atoms with Crippen LogP contribution in [0, 0.1) is 5.41 Å². The molecule has 10 heteroatoms. The molecule has 1 unspecified atom stereocenters. The maximum atomic E-state index is 12.5. The van der Waals surface area contributed by atoms with Gasteiger partial charge in [0.1, 0.15) is 8.83 Å². The van der Waals surface area contributed by atoms with Gasteiger partial charge >= 0.3 is 5.97 Å². The number of aliphatic hydroxyl groups is 4. The largest absolute Gasteiger partial charge is 0.481 e. The lowest BCUT2D eigenvalue weighted by Crippen LogP contribution is -2.50. The number of thioether (sulfide) groups is 4. The highest BCUT2D eigenvalue weighted by atomic mass is 32.3. The molecular formula is C20H40O6S4. The van der Waals surface area contributed by atoms with Crippen molar-refractivity contribution in [1.82, 2.24) is 0 Å². The van der Waals surface area contributed by atoms with Crippen LogP contribution in [0.25, 0.3) is 0 Å². The van der Waals surface area contributed by atoms with Crippen molar-refractivity contribution in [2.75, 3.05) is 29.5 Å². The predicted molar refractivity (Wildman–Crippen MR) is 133 cm³/mol. The molecule has 0 aromatic rings. The summed E-state index contributed by atoms with van der Waals surface area (Å²) in [5.74, 6) is -2.06. The van der Waals surface area contributed by atoms with Gasteiger partial charge in [-0.05, 0) is 6.42 Å². The van der Waals surface area contributed by atoms with Gasteiger partial charge in [0.2, 0.25) is 0 Å². The van der Waals surface area contributed by atoms with Crippen molar-refractivity contribution in [2.24, 2.45) is 5.41 Å². The zero-order valence-electron chi connectivity index (χ0n) is 18.1. The molecule has 1 atom stereocenters. The van der Waals surface area contributed by atoms with E-state index >= 15 is 0 Å². The van der Waals surface area contributed by atoms with Crippen LogP contribution in [0.2, 0.25) is 0 Å². The van der Waals surface area contributed by atoms with E-state index in [9.17, 15) is 30.3 Å². The van der Waals surface area contributed by atoms with Gasteiger partial charge in [0.25, 0.3) is 0 Å². The molecule has 180 valence electrons. The summed E-state index contributed by atoms with van der Waals surface area (Å²) in [4.78, 5) is 12.5. The van der Waals surface area contributed by atoms with Crippen LogP contribution < -0.4 is 0 Å². The maximum absolute atomic E-state index is 12.5. The third kappa shape index (κ3) is 10.6. The number of carboxylic acids is 1. The van der Waals surface area contributed by atoms with Gasteiger partial charge in [0, 0.05) is 5.75 Å². The van der Waals surface area contributed by atoms with Crippen molar-refractivity contribution in [2.45, 2.75) is 81.0 Å². The first-order valence-corrected chi connectivity index (χ1v) is 14.8. The van der Waals surface area contributed by atoms with Crippen molar-refractivity contribution in [3.8, 4) is 0 Å². The Kier molecular flexibility index (Phi) is 19.7. The van der Waals surface area contributed by atoms with E-state index in [1.54, 1.807) is 0 Å². The Bertz CT molecular complexity index is 413. The van der Waals surface area contributed by atoms with Crippen LogP contribution in [-0.4, -0.2) is 64.4 Å². The smallest absolute Gasteiger partial charge is 0.313 e. The van der Waals surface area contributed by atoms with E-state index in [4.69, 9.17) is 0 Å². The van der Waals surface area contributed by atoms with E-state index in [-0.39, 0.29) is 29.5 Å². The summed E-state index contributed by atoms with van der Waals surface area (Å²) >= 11 is 4.20. The van der Waals surface area contributed by atoms with Crippen LogP contribution >= 0.6 is 47.0 Å². The van der Waals surface area contributed by atoms with Crippen LogP contribution in [0.15, 0.2) is 0 Å². The molecule has 0 aromatic carbocycles. The van der Waals surface area contributed by atoms with Crippen molar-refractivity contribution in [3.05, 3.63) is 0 Å². The molecule has 0 aliphatic heterocycles. The summed E-state index contributed by atoms with van der Waals surface area (Å²) < 4.78 is -1.15. The molecular weight excluding hydrogens is 464 g/mol. The van der Waals surface area contributed by atoms with Crippen molar-refractivity contribution in [1.29, 1.82) is 0 Å². The fraction of sp³-hybridized carbons (Fsp3) is 0.950. The lowest BCUT2D eigenvalue weighted by molar-refractivity contribution is -0.147. The second-order valence-electron chi connectivity index (χ2n) is 7.17. The number of aliphatic carboxylic acids is 1. The first kappa shape index (κ1) is 30.7. The maximum Gasteiger partial charge on any atom is 0.313 e. The number of carboxylic acid groups (broad SMARTS) is 1. The van der Waals surface area contributed by atoms with Crippen molar-refractivity contribution in [3.63, 3.8) is 0 Å². The monoisotopic (exact) mass is 504 g/mol. The van der Waals surface area contributed by atoms with Crippen LogP contribution in [-0.2, 0) is 4.79 Å². The SMILES string of the molecule is CCCCCCCCCCCCC(CSCO)(C(=O)O)C(SCO)(SCO)SCO. The van der Waals surface area contributed by atoms with Crippen molar-refractivity contribution >= 4 is 53.0 Å². The predicted octanol–water partition coefficient (Wildman–Crippen LogP) is 4.75. The van der Waals surface area contributed by atoms with Gasteiger partial charge in [-0.2, -0.15) is 0 Å². The highest BCUT2D eigenvalue weighted by molar-refractivity contribution is 8.33. The van der Waals surface area contributed by atoms with Gasteiger partial charge in [0.15, 0.2) is 0 Å². The average molecular weight is 505 g/mol. The van der Waals surface area contributed by atoms with Crippen LogP contribution in [0.4, 0.5) is 0 Å². The molecule has 0 fully saturated rings. The lowest BCUT2D eigenvalue weighted by atomic mass is 9.85. The van der Waals surface area contributed by atoms with Gasteiger partial charge in [-0.1, -0.05) is 71.1 Å². The summed E-state index contributed by atoms with van der Waals surface area (Å²) in [6.45, 7) is 2.21. The normalized spacial score (nSPS) is 14.0. The molecule has 5 N–H and O–H groups in total. The number of carbonyl (C=O) groups is 1. The van der Waals surface area contributed by atoms with E-state index in [1.165, 1.54) is 38.5 Å². The minimum Gasteiger partial charge on any atom is -0.481 e. The molecule has 0 spiro atoms. The Labute approximate surface area is 198 Å². The summed E-state index contributed by atoms with van der Waals surface area (Å²) in [7, 11) is 0. The number of unbranched alkanes of at least 4 members (excludes halogenated alkanes) is 9. The number of hydrogen-bond acceptors (Lipinski definition) is 9. The van der Waals surface area contributed by atoms with Gasteiger partial charge in [-0.25, -0.2) is 0 Å². The topological polar surface area (TPSA) is 118 Å². The zero-order chi connectivity index (χ0) is 22.7. The molecule has 0 saturated heterocycles. The Balaban J connectivity index is 5.03. The molecule has 0 aromatic heterocycles. The van der Waals surface area contributed by atoms with Crippen LogP contribution in [0.1, 0.15) is 77.6 Å². The standard InChI is InChI=1S/C20H40O6S4/c1-2-3-4-5-6-7-8-9-10-11-12-19(18(25)26,13-27-14-21)20(28-15-22,29-16-23)30-17-24/h21-24H,2-17H2,1H3,(H,25,26). The van der Waals surface area contributed by atoms with Gasteiger partial charge in [0.05, 0.1) is 23.8 Å². The third-order valence-electron chi connectivity index (χ3n) is 5.16. The molecule has 30 heavy (non-hydrogen) atoms. The van der Waals surface area contributed by atoms with Crippen molar-refractivity contribution < 1.29 is 30.3 Å². The first-order chi connectivity index (χ1) is 14.5. The Morgan fingerprint density at radius 3 is 1.50 bits per heavy atom. The fourth-order valence-corrected chi connectivity index (χ4v) is 8.81. The van der Waals surface area contributed by atoms with E-state index in [2.05, 4.69) is 6.92 Å². The van der Waals surface area contributed by atoms with Crippen LogP contribution in [0.3, 0.4) is 0 Å². The van der Waals surface area contributed by atoms with E-state index in [0.717, 1.165) is 66.3 Å². The average Bonchev–Trinajstić information content (AvgIpc) is 2.72. The molecule has 0 aliphatic rings. The first-order valence-electron chi connectivity index (χ1n) is 10.7. The number of aliphatic hydroxyl groups excluding tert-OH is 4. The second kappa shape index (κ2) is 19.2. The molecule has 0 amide bonds. The summed E-state index contributed by atoms with van der Waals surface area (Å²) in [5, 5.41) is 48.3. The second-order valence-corrected chi connectivity index (χ2v) is 12.4. The summed E-state index contributed by atoms with van der Waals surface area (Å²) in [6, 6.07) is 0. The summed E-state index contributed by atoms with van der Waals surface area (Å²) in [6.07, 6.45) is 11.8. The van der Waals surface area contributed by atoms with Gasteiger partial charge in [-0.3, -0.25) is 4.79 Å². The van der Waals surface area contributed by atoms with Gasteiger partial charge in [-0.15, -0.1) is 47.0 Å². The molecule has 0 aliphatic carbocycles. The Morgan fingerprint density at radius 1 is 0.700 bits per heavy atom. The van der Waals surface area contributed by atoms with E-state index in [1.807, 2.05) is 0 Å². The molecule has 0 heterocycles. The lowest BCUT2D eigenvalue weighted by Gasteiger charge is -2.45. The fourth-order valence-electron chi connectivity index (χ4n) is 3.54. The van der Waals surface area contributed by atoms with Crippen LogP contribution in [0.5, 0.6) is 0 Å². The quantitative estimate of drug-likeness (QED) is 0.104. The minimum absolute atomic E-state index is 0.142. The number of rotatable bonds is 22. The molecule has 0 bridgehead atoms. The summed E-state index contributed by atoms with van der Waals surface area (Å²) in [5.41, 5.74) is -1.31. The molecule has 0 rings (SSSR count). The van der Waals surface area contributed by atoms with Gasteiger partial charge < -0.3 is 25.5 Å². The highest BCUT2D eigenvalue weighted by Crippen LogP contribution is 2.60. The molecule has 0 radical (unpaired) electrons. The third-order valence-corrected chi connectivity index (χ3v) is 10.9. The number of hydrogen-bond donors (Lipinski definition) is 5. The Morgan fingerprint density at radius 2 is 1.13 bits per heavy atom. The van der Waals surface area contributed by atoms with E-state index < -0.39 is 14.8 Å². The Hall–Kier alpha value is 0.710. The zero-order valence-corrected chi connectivity index (χ0v) is 21.4. The highest BCUT2D eigenvalue weighted by Gasteiger charge is 2.57.